The summed E-state index contributed by atoms with van der Waals surface area (Å²) in [4.78, 5) is 36.6. The Balaban J connectivity index is 1.48. The van der Waals surface area contributed by atoms with Crippen LogP contribution in [0.15, 0.2) is 71.3 Å². The third kappa shape index (κ3) is 6.35. The lowest BCUT2D eigenvalue weighted by Crippen LogP contribution is -2.41. The summed E-state index contributed by atoms with van der Waals surface area (Å²) in [6.07, 6.45) is 1.53. The largest absolute Gasteiger partial charge is 0.467 e. The number of nitrogens with one attached hydrogen (secondary N) is 4. The molecule has 0 bridgehead atoms. The van der Waals surface area contributed by atoms with Crippen LogP contribution in [0.1, 0.15) is 23.0 Å². The van der Waals surface area contributed by atoms with Crippen LogP contribution in [-0.4, -0.2) is 23.9 Å². The topological polar surface area (TPSA) is 112 Å². The lowest BCUT2D eigenvalue weighted by atomic mass is 10.2. The monoisotopic (exact) mass is 440 g/mol. The van der Waals surface area contributed by atoms with Crippen molar-refractivity contribution in [3.05, 3.63) is 83.3 Å². The summed E-state index contributed by atoms with van der Waals surface area (Å²) in [7, 11) is 0. The number of rotatable bonds is 7. The molecule has 0 spiro atoms. The molecule has 2 aromatic carbocycles. The molecule has 160 valence electrons. The van der Waals surface area contributed by atoms with Crippen molar-refractivity contribution in [3.63, 3.8) is 0 Å². The second-order valence-corrected chi connectivity index (χ2v) is 7.04. The van der Waals surface area contributed by atoms with Gasteiger partial charge in [-0.2, -0.15) is 0 Å². The van der Waals surface area contributed by atoms with E-state index >= 15 is 0 Å². The maximum Gasteiger partial charge on any atom is 0.319 e. The SMILES string of the molecule is CC(NC(=O)c1ccccc1Cl)C(=O)Nc1ccc(NC(=O)NCc2ccco2)cc1. The highest BCUT2D eigenvalue weighted by molar-refractivity contribution is 6.33. The molecule has 0 aliphatic heterocycles. The van der Waals surface area contributed by atoms with Gasteiger partial charge in [0.1, 0.15) is 11.8 Å². The molecule has 0 saturated heterocycles. The average Bonchev–Trinajstić information content (AvgIpc) is 3.27. The number of benzene rings is 2. The van der Waals surface area contributed by atoms with Crippen molar-refractivity contribution in [2.45, 2.75) is 19.5 Å². The van der Waals surface area contributed by atoms with E-state index in [0.29, 0.717) is 27.7 Å². The predicted molar refractivity (Wildman–Crippen MR) is 118 cm³/mol. The molecule has 9 heteroatoms. The molecule has 4 amide bonds. The third-order valence-electron chi connectivity index (χ3n) is 4.27. The van der Waals surface area contributed by atoms with Crippen LogP contribution in [-0.2, 0) is 11.3 Å². The van der Waals surface area contributed by atoms with Crippen LogP contribution in [0, 0.1) is 0 Å². The molecule has 1 aromatic heterocycles. The normalized spacial score (nSPS) is 11.3. The van der Waals surface area contributed by atoms with Gasteiger partial charge in [0.15, 0.2) is 0 Å². The van der Waals surface area contributed by atoms with E-state index in [9.17, 15) is 14.4 Å². The summed E-state index contributed by atoms with van der Waals surface area (Å²) in [5.41, 5.74) is 1.37. The number of carbonyl (C=O) groups is 3. The van der Waals surface area contributed by atoms with Crippen molar-refractivity contribution < 1.29 is 18.8 Å². The molecule has 1 unspecified atom stereocenters. The smallest absolute Gasteiger partial charge is 0.319 e. The molecular formula is C22H21ClN4O4. The Labute approximate surface area is 184 Å². The van der Waals surface area contributed by atoms with E-state index in [1.165, 1.54) is 6.26 Å². The highest BCUT2D eigenvalue weighted by atomic mass is 35.5. The first-order valence-electron chi connectivity index (χ1n) is 9.46. The van der Waals surface area contributed by atoms with Crippen molar-refractivity contribution in [1.29, 1.82) is 0 Å². The van der Waals surface area contributed by atoms with E-state index < -0.39 is 17.9 Å². The van der Waals surface area contributed by atoms with Gasteiger partial charge in [-0.1, -0.05) is 23.7 Å². The number of urea groups is 1. The fraction of sp³-hybridized carbons (Fsp3) is 0.136. The van der Waals surface area contributed by atoms with Gasteiger partial charge in [-0.3, -0.25) is 9.59 Å². The molecule has 3 aromatic rings. The lowest BCUT2D eigenvalue weighted by molar-refractivity contribution is -0.117. The summed E-state index contributed by atoms with van der Waals surface area (Å²) < 4.78 is 5.15. The Hall–Kier alpha value is -3.78. The number of halogens is 1. The fourth-order valence-electron chi connectivity index (χ4n) is 2.63. The van der Waals surface area contributed by atoms with Crippen molar-refractivity contribution >= 4 is 40.8 Å². The lowest BCUT2D eigenvalue weighted by Gasteiger charge is -2.15. The van der Waals surface area contributed by atoms with Gasteiger partial charge in [0, 0.05) is 11.4 Å². The number of amides is 4. The number of hydrogen-bond donors (Lipinski definition) is 4. The Bertz CT molecular complexity index is 1050. The van der Waals surface area contributed by atoms with Crippen molar-refractivity contribution in [1.82, 2.24) is 10.6 Å². The van der Waals surface area contributed by atoms with Crippen molar-refractivity contribution in [3.8, 4) is 0 Å². The van der Waals surface area contributed by atoms with E-state index in [1.807, 2.05) is 0 Å². The van der Waals surface area contributed by atoms with Crippen LogP contribution in [0.4, 0.5) is 16.2 Å². The zero-order valence-corrected chi connectivity index (χ0v) is 17.4. The fourth-order valence-corrected chi connectivity index (χ4v) is 2.85. The highest BCUT2D eigenvalue weighted by Crippen LogP contribution is 2.16. The number of hydrogen-bond acceptors (Lipinski definition) is 4. The molecule has 3 rings (SSSR count). The van der Waals surface area contributed by atoms with E-state index in [4.69, 9.17) is 16.0 Å². The molecular weight excluding hydrogens is 420 g/mol. The van der Waals surface area contributed by atoms with Gasteiger partial charge in [0.2, 0.25) is 5.91 Å². The Morgan fingerprint density at radius 2 is 1.61 bits per heavy atom. The number of carbonyl (C=O) groups excluding carboxylic acids is 3. The number of furan rings is 1. The maximum absolute atomic E-state index is 12.4. The molecule has 4 N–H and O–H groups in total. The zero-order valence-electron chi connectivity index (χ0n) is 16.6. The van der Waals surface area contributed by atoms with E-state index in [2.05, 4.69) is 21.3 Å². The first kappa shape index (κ1) is 21.9. The molecule has 1 heterocycles. The molecule has 1 atom stereocenters. The standard InChI is InChI=1S/C22H21ClN4O4/c1-14(25-21(29)18-6-2-3-7-19(18)23)20(28)26-15-8-10-16(11-9-15)27-22(30)24-13-17-5-4-12-31-17/h2-12,14H,13H2,1H3,(H,25,29)(H,26,28)(H2,24,27,30). The van der Waals surface area contributed by atoms with Crippen LogP contribution in [0.25, 0.3) is 0 Å². The first-order chi connectivity index (χ1) is 14.9. The van der Waals surface area contributed by atoms with E-state index in [-0.39, 0.29) is 12.6 Å². The highest BCUT2D eigenvalue weighted by Gasteiger charge is 2.18. The van der Waals surface area contributed by atoms with Crippen molar-refractivity contribution in [2.24, 2.45) is 0 Å². The van der Waals surface area contributed by atoms with Gasteiger partial charge in [0.05, 0.1) is 23.4 Å². The minimum Gasteiger partial charge on any atom is -0.467 e. The quantitative estimate of drug-likeness (QED) is 0.444. The predicted octanol–water partition coefficient (Wildman–Crippen LogP) is 4.01. The summed E-state index contributed by atoms with van der Waals surface area (Å²) in [5, 5.41) is 11.0. The molecule has 0 saturated carbocycles. The Kier molecular flexibility index (Phi) is 7.29. The van der Waals surface area contributed by atoms with Crippen LogP contribution in [0.5, 0.6) is 0 Å². The average molecular weight is 441 g/mol. The molecule has 0 radical (unpaired) electrons. The van der Waals surface area contributed by atoms with Gasteiger partial charge < -0.3 is 25.7 Å². The van der Waals surface area contributed by atoms with Crippen molar-refractivity contribution in [2.75, 3.05) is 10.6 Å². The second kappa shape index (κ2) is 10.3. The van der Waals surface area contributed by atoms with Gasteiger partial charge in [-0.15, -0.1) is 0 Å². The molecule has 0 aliphatic rings. The maximum atomic E-state index is 12.4. The van der Waals surface area contributed by atoms with Gasteiger partial charge in [-0.05, 0) is 55.5 Å². The molecule has 31 heavy (non-hydrogen) atoms. The first-order valence-corrected chi connectivity index (χ1v) is 9.84. The van der Waals surface area contributed by atoms with Crippen LogP contribution in [0.3, 0.4) is 0 Å². The Morgan fingerprint density at radius 3 is 2.26 bits per heavy atom. The summed E-state index contributed by atoms with van der Waals surface area (Å²) in [6, 6.07) is 15.5. The second-order valence-electron chi connectivity index (χ2n) is 6.63. The molecule has 0 aliphatic carbocycles. The van der Waals surface area contributed by atoms with Gasteiger partial charge >= 0.3 is 6.03 Å². The summed E-state index contributed by atoms with van der Waals surface area (Å²) in [6.45, 7) is 1.84. The van der Waals surface area contributed by atoms with Crippen LogP contribution >= 0.6 is 11.6 Å². The minimum absolute atomic E-state index is 0.269. The summed E-state index contributed by atoms with van der Waals surface area (Å²) >= 11 is 6.01. The summed E-state index contributed by atoms with van der Waals surface area (Å²) in [5.74, 6) is -0.186. The molecule has 8 nitrogen and oxygen atoms in total. The van der Waals surface area contributed by atoms with E-state index in [1.54, 1.807) is 67.6 Å². The minimum atomic E-state index is -0.783. The Morgan fingerprint density at radius 1 is 0.935 bits per heavy atom. The molecule has 0 fully saturated rings. The van der Waals surface area contributed by atoms with Crippen LogP contribution in [0.2, 0.25) is 5.02 Å². The van der Waals surface area contributed by atoms with Crippen LogP contribution < -0.4 is 21.3 Å². The van der Waals surface area contributed by atoms with Gasteiger partial charge in [0.25, 0.3) is 5.91 Å². The zero-order chi connectivity index (χ0) is 22.2. The number of anilines is 2. The van der Waals surface area contributed by atoms with Gasteiger partial charge in [-0.25, -0.2) is 4.79 Å². The van der Waals surface area contributed by atoms with E-state index in [0.717, 1.165) is 0 Å². The third-order valence-corrected chi connectivity index (χ3v) is 4.60.